The molecule has 2 aliphatic rings. The van der Waals surface area contributed by atoms with Gasteiger partial charge in [-0.3, -0.25) is 0 Å². The van der Waals surface area contributed by atoms with Crippen molar-refractivity contribution in [1.29, 1.82) is 0 Å². The quantitative estimate of drug-likeness (QED) is 0.283. The van der Waals surface area contributed by atoms with Gasteiger partial charge in [-0.05, 0) is 68.8 Å². The van der Waals surface area contributed by atoms with Crippen molar-refractivity contribution in [2.45, 2.75) is 51.7 Å². The second-order valence-electron chi connectivity index (χ2n) is 11.2. The molecule has 12 nitrogen and oxygen atoms in total. The first-order chi connectivity index (χ1) is 20.4. The smallest absolute Gasteiger partial charge is 0.350 e. The van der Waals surface area contributed by atoms with Crippen LogP contribution in [0.15, 0.2) is 72.3 Å². The average molecular weight is 575 g/mol. The Morgan fingerprint density at radius 3 is 2.21 bits per heavy atom. The molecule has 0 spiro atoms. The lowest BCUT2D eigenvalue weighted by Crippen LogP contribution is -2.46. The van der Waals surface area contributed by atoms with E-state index in [1.165, 1.54) is 12.0 Å². The molecule has 4 aromatic rings. The van der Waals surface area contributed by atoms with E-state index >= 15 is 0 Å². The van der Waals surface area contributed by atoms with Crippen LogP contribution in [0.1, 0.15) is 33.2 Å². The van der Waals surface area contributed by atoms with Crippen LogP contribution in [0.2, 0.25) is 0 Å². The highest BCUT2D eigenvalue weighted by atomic mass is 16.7. The predicted molar refractivity (Wildman–Crippen MR) is 158 cm³/mol. The van der Waals surface area contributed by atoms with Crippen molar-refractivity contribution in [1.82, 2.24) is 29.1 Å². The van der Waals surface area contributed by atoms with E-state index in [9.17, 15) is 4.79 Å². The summed E-state index contributed by atoms with van der Waals surface area (Å²) in [6.45, 7) is 11.1. The Morgan fingerprint density at radius 1 is 0.952 bits per heavy atom. The summed E-state index contributed by atoms with van der Waals surface area (Å²) in [7, 11) is 0. The Hall–Kier alpha value is -4.16. The zero-order valence-corrected chi connectivity index (χ0v) is 24.4. The lowest BCUT2D eigenvalue weighted by Gasteiger charge is -2.37. The molecular weight excluding hydrogens is 536 g/mol. The van der Waals surface area contributed by atoms with Crippen molar-refractivity contribution >= 4 is 11.4 Å². The zero-order valence-electron chi connectivity index (χ0n) is 24.4. The van der Waals surface area contributed by atoms with E-state index in [2.05, 4.69) is 56.2 Å². The molecule has 0 aliphatic carbocycles. The lowest BCUT2D eigenvalue weighted by atomic mass is 10.1. The fourth-order valence-corrected chi connectivity index (χ4v) is 5.41. The highest BCUT2D eigenvalue weighted by Gasteiger charge is 2.38. The lowest BCUT2D eigenvalue weighted by molar-refractivity contribution is -0.108. The summed E-state index contributed by atoms with van der Waals surface area (Å²) in [4.78, 5) is 21.5. The summed E-state index contributed by atoms with van der Waals surface area (Å²) in [6, 6.07) is 16.4. The number of anilines is 2. The Balaban J connectivity index is 0.977. The van der Waals surface area contributed by atoms with Gasteiger partial charge >= 0.3 is 5.69 Å². The van der Waals surface area contributed by atoms with E-state index in [0.29, 0.717) is 19.8 Å². The van der Waals surface area contributed by atoms with Gasteiger partial charge < -0.3 is 24.0 Å². The first-order valence-electron chi connectivity index (χ1n) is 14.5. The molecule has 222 valence electrons. The second-order valence-corrected chi connectivity index (χ2v) is 11.2. The third kappa shape index (κ3) is 6.04. The number of hydrogen-bond acceptors (Lipinski definition) is 9. The van der Waals surface area contributed by atoms with E-state index in [0.717, 1.165) is 49.7 Å². The van der Waals surface area contributed by atoms with Crippen LogP contribution in [0.3, 0.4) is 0 Å². The molecule has 2 aromatic carbocycles. The van der Waals surface area contributed by atoms with Crippen LogP contribution >= 0.6 is 0 Å². The van der Waals surface area contributed by atoms with Gasteiger partial charge in [0.05, 0.1) is 24.9 Å². The monoisotopic (exact) mass is 574 g/mol. The van der Waals surface area contributed by atoms with Crippen LogP contribution in [-0.4, -0.2) is 80.4 Å². The first-order valence-corrected chi connectivity index (χ1v) is 14.5. The van der Waals surface area contributed by atoms with Crippen molar-refractivity contribution in [2.75, 3.05) is 49.2 Å². The van der Waals surface area contributed by atoms with Gasteiger partial charge in [0.15, 0.2) is 6.29 Å². The normalized spacial score (nSPS) is 21.5. The minimum atomic E-state index is -0.466. The molecule has 2 aliphatic heterocycles. The van der Waals surface area contributed by atoms with Gasteiger partial charge in [-0.25, -0.2) is 23.7 Å². The molecule has 0 amide bonds. The summed E-state index contributed by atoms with van der Waals surface area (Å²) in [5, 5.41) is 8.44. The van der Waals surface area contributed by atoms with Gasteiger partial charge in [-0.2, -0.15) is 10.2 Å². The van der Waals surface area contributed by atoms with Crippen molar-refractivity contribution < 1.29 is 14.2 Å². The van der Waals surface area contributed by atoms with E-state index in [4.69, 9.17) is 14.2 Å². The van der Waals surface area contributed by atoms with Gasteiger partial charge in [-0.1, -0.05) is 6.92 Å². The molecule has 4 heterocycles. The molecular formula is C30H38N8O4. The number of benzene rings is 2. The van der Waals surface area contributed by atoms with Crippen molar-refractivity contribution in [3.63, 3.8) is 0 Å². The molecule has 6 rings (SSSR count). The molecule has 0 bridgehead atoms. The molecule has 42 heavy (non-hydrogen) atoms. The number of aromatic nitrogens is 6. The Bertz CT molecular complexity index is 1490. The van der Waals surface area contributed by atoms with Gasteiger partial charge in [0, 0.05) is 37.6 Å². The van der Waals surface area contributed by atoms with E-state index in [-0.39, 0.29) is 11.7 Å². The highest BCUT2D eigenvalue weighted by molar-refractivity contribution is 5.54. The molecule has 3 atom stereocenters. The number of ether oxygens (including phenoxy) is 3. The van der Waals surface area contributed by atoms with E-state index < -0.39 is 11.9 Å². The molecule has 1 unspecified atom stereocenters. The number of nitrogens with zero attached hydrogens (tertiary/aromatic N) is 8. The molecule has 2 fully saturated rings. The maximum atomic E-state index is 12.7. The number of piperazine rings is 1. The fourth-order valence-electron chi connectivity index (χ4n) is 5.41. The molecule has 0 saturated carbocycles. The van der Waals surface area contributed by atoms with Crippen LogP contribution in [-0.2, 0) is 16.0 Å². The van der Waals surface area contributed by atoms with Crippen LogP contribution in [0, 0.1) is 0 Å². The molecule has 0 radical (unpaired) electrons. The standard InChI is InChI=1S/C30H38N8O4/c1-4-23(2)38-29(39)37(22-33-38)26-7-5-24(6-8-26)34-13-15-35(16-14-34)25-9-11-27(12-10-25)40-17-28-41-19-30(3,42-28)18-36-21-31-20-32-36/h5-12,20-23,28H,4,13-19H2,1-3H3/t23?,28-,30+/m1/s1. The second kappa shape index (κ2) is 12.0. The van der Waals surface area contributed by atoms with Crippen LogP contribution in [0.4, 0.5) is 11.4 Å². The van der Waals surface area contributed by atoms with Crippen molar-refractivity contribution in [2.24, 2.45) is 0 Å². The van der Waals surface area contributed by atoms with Crippen LogP contribution < -0.4 is 20.2 Å². The fraction of sp³-hybridized carbons (Fsp3) is 0.467. The molecule has 0 N–H and O–H groups in total. The third-order valence-electron chi connectivity index (χ3n) is 8.02. The largest absolute Gasteiger partial charge is 0.488 e. The maximum absolute atomic E-state index is 12.7. The van der Waals surface area contributed by atoms with E-state index in [1.54, 1.807) is 26.6 Å². The van der Waals surface area contributed by atoms with Gasteiger partial charge in [0.2, 0.25) is 0 Å². The molecule has 2 saturated heterocycles. The predicted octanol–water partition coefficient (Wildman–Crippen LogP) is 3.13. The summed E-state index contributed by atoms with van der Waals surface area (Å²) < 4.78 is 22.8. The number of hydrogen-bond donors (Lipinski definition) is 0. The summed E-state index contributed by atoms with van der Waals surface area (Å²) in [6.07, 6.45) is 5.22. The maximum Gasteiger partial charge on any atom is 0.350 e. The van der Waals surface area contributed by atoms with Crippen molar-refractivity contribution in [3.8, 4) is 11.4 Å². The van der Waals surface area contributed by atoms with Gasteiger partial charge in [-0.15, -0.1) is 0 Å². The Labute approximate surface area is 245 Å². The topological polar surface area (TPSA) is 105 Å². The summed E-state index contributed by atoms with van der Waals surface area (Å²) >= 11 is 0. The summed E-state index contributed by atoms with van der Waals surface area (Å²) in [5.41, 5.74) is 2.57. The average Bonchev–Trinajstić information content (AvgIpc) is 3.77. The zero-order chi connectivity index (χ0) is 29.1. The third-order valence-corrected chi connectivity index (χ3v) is 8.02. The Kier molecular flexibility index (Phi) is 7.98. The SMILES string of the molecule is CCC(C)n1ncn(-c2ccc(N3CCN(c4ccc(OC[C@@H]5OC[C@](C)(Cn6cncn6)O5)cc4)CC3)cc2)c1=O. The van der Waals surface area contributed by atoms with E-state index in [1.807, 2.05) is 38.1 Å². The highest BCUT2D eigenvalue weighted by Crippen LogP contribution is 2.27. The molecule has 12 heteroatoms. The minimum absolute atomic E-state index is 0.0770. The summed E-state index contributed by atoms with van der Waals surface area (Å²) in [5.74, 6) is 0.781. The molecule has 2 aromatic heterocycles. The number of rotatable bonds is 10. The Morgan fingerprint density at radius 2 is 1.60 bits per heavy atom. The van der Waals surface area contributed by atoms with Crippen LogP contribution in [0.25, 0.3) is 5.69 Å². The van der Waals surface area contributed by atoms with Crippen molar-refractivity contribution in [3.05, 3.63) is 78.0 Å². The van der Waals surface area contributed by atoms with Gasteiger partial charge in [0.1, 0.15) is 36.9 Å². The van der Waals surface area contributed by atoms with Crippen LogP contribution in [0.5, 0.6) is 5.75 Å². The minimum Gasteiger partial charge on any atom is -0.488 e. The van der Waals surface area contributed by atoms with Gasteiger partial charge in [0.25, 0.3) is 0 Å². The first kappa shape index (κ1) is 28.0.